The Morgan fingerprint density at radius 3 is 2.36 bits per heavy atom. The molecule has 2 unspecified atom stereocenters. The smallest absolute Gasteiger partial charge is 0.147 e. The van der Waals surface area contributed by atoms with Crippen LogP contribution in [-0.2, 0) is 0 Å². The van der Waals surface area contributed by atoms with E-state index >= 15 is 0 Å². The Morgan fingerprint density at radius 1 is 1.21 bits per heavy atom. The lowest BCUT2D eigenvalue weighted by molar-refractivity contribution is 0.0572. The van der Waals surface area contributed by atoms with Gasteiger partial charge in [-0.25, -0.2) is 9.97 Å². The third kappa shape index (κ3) is 1.61. The van der Waals surface area contributed by atoms with E-state index in [9.17, 15) is 10.2 Å². The van der Waals surface area contributed by atoms with Crippen LogP contribution in [0.5, 0.6) is 0 Å². The molecule has 4 N–H and O–H groups in total. The molecule has 0 radical (unpaired) electrons. The molecule has 1 fully saturated rings. The number of nitrogen functional groups attached to an aromatic ring is 1. The van der Waals surface area contributed by atoms with Gasteiger partial charge in [-0.2, -0.15) is 0 Å². The highest BCUT2D eigenvalue weighted by Crippen LogP contribution is 2.17. The van der Waals surface area contributed by atoms with Crippen molar-refractivity contribution in [2.45, 2.75) is 12.2 Å². The minimum atomic E-state index is -0.714. The van der Waals surface area contributed by atoms with E-state index in [0.29, 0.717) is 24.7 Å². The standard InChI is InChI=1S/C8H12N4O2/c9-7-1-11-8(2-10-7)12-3-5(13)6(14)4-12/h1-2,5-6,13-14H,3-4H2,(H2,9,10). The summed E-state index contributed by atoms with van der Waals surface area (Å²) in [5, 5.41) is 18.6. The Morgan fingerprint density at radius 2 is 1.86 bits per heavy atom. The number of aliphatic hydroxyl groups is 2. The monoisotopic (exact) mass is 196 g/mol. The third-order valence-electron chi connectivity index (χ3n) is 2.24. The van der Waals surface area contributed by atoms with Crippen molar-refractivity contribution in [1.29, 1.82) is 0 Å². The van der Waals surface area contributed by atoms with E-state index in [-0.39, 0.29) is 0 Å². The van der Waals surface area contributed by atoms with Crippen LogP contribution in [0.3, 0.4) is 0 Å². The zero-order valence-electron chi connectivity index (χ0n) is 7.54. The Labute approximate surface area is 81.0 Å². The van der Waals surface area contributed by atoms with Crippen LogP contribution in [0.1, 0.15) is 0 Å². The van der Waals surface area contributed by atoms with Crippen molar-refractivity contribution in [3.8, 4) is 0 Å². The molecule has 1 aromatic rings. The zero-order valence-corrected chi connectivity index (χ0v) is 7.54. The number of aliphatic hydroxyl groups excluding tert-OH is 2. The van der Waals surface area contributed by atoms with Gasteiger partial charge in [-0.1, -0.05) is 0 Å². The largest absolute Gasteiger partial charge is 0.389 e. The molecule has 0 amide bonds. The van der Waals surface area contributed by atoms with Crippen LogP contribution in [-0.4, -0.2) is 45.5 Å². The highest BCUT2D eigenvalue weighted by atomic mass is 16.3. The highest BCUT2D eigenvalue weighted by Gasteiger charge is 2.30. The fraction of sp³-hybridized carbons (Fsp3) is 0.500. The topological polar surface area (TPSA) is 95.5 Å². The molecule has 0 aliphatic carbocycles. The summed E-state index contributed by atoms with van der Waals surface area (Å²) >= 11 is 0. The van der Waals surface area contributed by atoms with Crippen molar-refractivity contribution in [2.75, 3.05) is 23.7 Å². The second-order valence-corrected chi connectivity index (χ2v) is 3.34. The van der Waals surface area contributed by atoms with E-state index in [2.05, 4.69) is 9.97 Å². The van der Waals surface area contributed by atoms with E-state index in [0.717, 1.165) is 0 Å². The van der Waals surface area contributed by atoms with Crippen molar-refractivity contribution in [3.63, 3.8) is 0 Å². The Balaban J connectivity index is 2.13. The van der Waals surface area contributed by atoms with Gasteiger partial charge in [-0.15, -0.1) is 0 Å². The number of aromatic nitrogens is 2. The van der Waals surface area contributed by atoms with Crippen LogP contribution in [0.2, 0.25) is 0 Å². The van der Waals surface area contributed by atoms with Gasteiger partial charge < -0.3 is 20.8 Å². The highest BCUT2D eigenvalue weighted by molar-refractivity contribution is 5.41. The van der Waals surface area contributed by atoms with Gasteiger partial charge in [-0.05, 0) is 0 Å². The van der Waals surface area contributed by atoms with E-state index in [4.69, 9.17) is 5.73 Å². The average molecular weight is 196 g/mol. The first-order valence-corrected chi connectivity index (χ1v) is 4.35. The number of nitrogens with zero attached hydrogens (tertiary/aromatic N) is 3. The van der Waals surface area contributed by atoms with Crippen LogP contribution in [0.25, 0.3) is 0 Å². The first-order chi connectivity index (χ1) is 6.66. The number of nitrogens with two attached hydrogens (primary N) is 1. The molecule has 76 valence electrons. The molecule has 1 aliphatic rings. The molecule has 1 aliphatic heterocycles. The molecule has 1 aromatic heterocycles. The summed E-state index contributed by atoms with van der Waals surface area (Å²) in [7, 11) is 0. The predicted octanol–water partition coefficient (Wildman–Crippen LogP) is -1.40. The van der Waals surface area contributed by atoms with E-state index < -0.39 is 12.2 Å². The van der Waals surface area contributed by atoms with Crippen LogP contribution in [0.15, 0.2) is 12.4 Å². The lowest BCUT2D eigenvalue weighted by Crippen LogP contribution is -2.22. The molecule has 14 heavy (non-hydrogen) atoms. The maximum Gasteiger partial charge on any atom is 0.147 e. The van der Waals surface area contributed by atoms with Crippen LogP contribution in [0.4, 0.5) is 11.6 Å². The first-order valence-electron chi connectivity index (χ1n) is 4.35. The Hall–Kier alpha value is -1.40. The normalized spacial score (nSPS) is 26.9. The molecule has 0 spiro atoms. The van der Waals surface area contributed by atoms with Crippen LogP contribution < -0.4 is 10.6 Å². The Bertz CT molecular complexity index is 306. The zero-order chi connectivity index (χ0) is 10.1. The molecule has 0 saturated carbocycles. The summed E-state index contributed by atoms with van der Waals surface area (Å²) < 4.78 is 0. The molecule has 6 nitrogen and oxygen atoms in total. The van der Waals surface area contributed by atoms with Gasteiger partial charge in [0.2, 0.25) is 0 Å². The van der Waals surface area contributed by atoms with Crippen molar-refractivity contribution < 1.29 is 10.2 Å². The van der Waals surface area contributed by atoms with Gasteiger partial charge in [0.1, 0.15) is 11.6 Å². The molecule has 2 rings (SSSR count). The van der Waals surface area contributed by atoms with Crippen LogP contribution in [0, 0.1) is 0 Å². The number of hydrogen-bond acceptors (Lipinski definition) is 6. The fourth-order valence-electron chi connectivity index (χ4n) is 1.45. The molecule has 2 heterocycles. The summed E-state index contributed by atoms with van der Waals surface area (Å²) in [6, 6.07) is 0. The summed E-state index contributed by atoms with van der Waals surface area (Å²) in [6.07, 6.45) is 1.55. The molecule has 6 heteroatoms. The van der Waals surface area contributed by atoms with Gasteiger partial charge in [-0.3, -0.25) is 0 Å². The van der Waals surface area contributed by atoms with Gasteiger partial charge in [0.15, 0.2) is 0 Å². The minimum Gasteiger partial charge on any atom is -0.389 e. The van der Waals surface area contributed by atoms with Gasteiger partial charge in [0, 0.05) is 13.1 Å². The van der Waals surface area contributed by atoms with Gasteiger partial charge in [0.25, 0.3) is 0 Å². The second kappa shape index (κ2) is 3.39. The molecule has 0 aromatic carbocycles. The summed E-state index contributed by atoms with van der Waals surface area (Å²) in [6.45, 7) is 0.750. The molecule has 2 atom stereocenters. The number of anilines is 2. The van der Waals surface area contributed by atoms with E-state index in [1.807, 2.05) is 0 Å². The third-order valence-corrected chi connectivity index (χ3v) is 2.24. The van der Waals surface area contributed by atoms with Crippen molar-refractivity contribution in [1.82, 2.24) is 9.97 Å². The second-order valence-electron chi connectivity index (χ2n) is 3.34. The number of β-amino-alcohol motifs (C(OH)–C–C–N with tert-alkyl or cyclic N) is 2. The summed E-state index contributed by atoms with van der Waals surface area (Å²) in [5.41, 5.74) is 5.39. The SMILES string of the molecule is Nc1cnc(N2CC(O)C(O)C2)cn1. The molecular weight excluding hydrogens is 184 g/mol. The minimum absolute atomic E-state index is 0.356. The lowest BCUT2D eigenvalue weighted by Gasteiger charge is -2.15. The van der Waals surface area contributed by atoms with Crippen molar-refractivity contribution in [3.05, 3.63) is 12.4 Å². The number of rotatable bonds is 1. The van der Waals surface area contributed by atoms with Gasteiger partial charge >= 0.3 is 0 Å². The fourth-order valence-corrected chi connectivity index (χ4v) is 1.45. The quantitative estimate of drug-likeness (QED) is 0.511. The average Bonchev–Trinajstić information content (AvgIpc) is 2.48. The molecule has 1 saturated heterocycles. The summed E-state index contributed by atoms with van der Waals surface area (Å²) in [5.74, 6) is 0.976. The van der Waals surface area contributed by atoms with E-state index in [1.54, 1.807) is 4.90 Å². The first kappa shape index (κ1) is 9.17. The molecule has 0 bridgehead atoms. The maximum atomic E-state index is 9.32. The lowest BCUT2D eigenvalue weighted by atomic mass is 10.3. The number of hydrogen-bond donors (Lipinski definition) is 3. The Kier molecular flexibility index (Phi) is 2.22. The molecular formula is C8H12N4O2. The van der Waals surface area contributed by atoms with Crippen molar-refractivity contribution in [2.24, 2.45) is 0 Å². The van der Waals surface area contributed by atoms with Crippen molar-refractivity contribution >= 4 is 11.6 Å². The van der Waals surface area contributed by atoms with E-state index in [1.165, 1.54) is 12.4 Å². The predicted molar refractivity (Wildman–Crippen MR) is 50.7 cm³/mol. The maximum absolute atomic E-state index is 9.32. The van der Waals surface area contributed by atoms with Crippen LogP contribution >= 0.6 is 0 Å². The van der Waals surface area contributed by atoms with Gasteiger partial charge in [0.05, 0.1) is 24.6 Å². The summed E-state index contributed by atoms with van der Waals surface area (Å²) in [4.78, 5) is 9.70.